The maximum atomic E-state index is 11.0. The van der Waals surface area contributed by atoms with Gasteiger partial charge in [-0.1, -0.05) is 0 Å². The highest BCUT2D eigenvalue weighted by Gasteiger charge is 2.16. The molecule has 0 fully saturated rings. The molecule has 0 saturated carbocycles. The van der Waals surface area contributed by atoms with Gasteiger partial charge in [-0.25, -0.2) is 0 Å². The summed E-state index contributed by atoms with van der Waals surface area (Å²) in [6, 6.07) is 3.67. The van der Waals surface area contributed by atoms with E-state index in [1.807, 2.05) is 19.1 Å². The Morgan fingerprint density at radius 2 is 2.31 bits per heavy atom. The van der Waals surface area contributed by atoms with Gasteiger partial charge < -0.3 is 10.1 Å². The van der Waals surface area contributed by atoms with Gasteiger partial charge in [-0.2, -0.15) is 0 Å². The van der Waals surface area contributed by atoms with E-state index in [1.165, 1.54) is 0 Å². The number of carbonyl (C=O) groups is 1. The molecule has 1 amide bonds. The Morgan fingerprint density at radius 3 is 3.08 bits per heavy atom. The largest absolute Gasteiger partial charge is 0.482 e. The first kappa shape index (κ1) is 8.44. The van der Waals surface area contributed by atoms with Gasteiger partial charge in [0.25, 0.3) is 5.91 Å². The van der Waals surface area contributed by atoms with Gasteiger partial charge in [0, 0.05) is 4.90 Å². The van der Waals surface area contributed by atoms with E-state index >= 15 is 0 Å². The van der Waals surface area contributed by atoms with Crippen LogP contribution < -0.4 is 10.1 Å². The molecular weight excluding hydrogens is 186 g/mol. The second kappa shape index (κ2) is 2.96. The Morgan fingerprint density at radius 1 is 1.54 bits per heavy atom. The van der Waals surface area contributed by atoms with E-state index in [2.05, 4.69) is 17.9 Å². The molecule has 0 aromatic heterocycles. The van der Waals surface area contributed by atoms with Crippen molar-refractivity contribution in [3.05, 3.63) is 17.7 Å². The van der Waals surface area contributed by atoms with E-state index in [0.717, 1.165) is 16.1 Å². The van der Waals surface area contributed by atoms with Gasteiger partial charge in [-0.3, -0.25) is 4.79 Å². The molecule has 0 bridgehead atoms. The van der Waals surface area contributed by atoms with Gasteiger partial charge in [0.2, 0.25) is 0 Å². The number of aryl methyl sites for hydroxylation is 1. The molecule has 3 nitrogen and oxygen atoms in total. The normalized spacial score (nSPS) is 14.5. The van der Waals surface area contributed by atoms with Gasteiger partial charge in [0.1, 0.15) is 5.75 Å². The molecule has 0 spiro atoms. The predicted molar refractivity (Wildman–Crippen MR) is 52.6 cm³/mol. The van der Waals surface area contributed by atoms with E-state index in [0.29, 0.717) is 5.75 Å². The maximum absolute atomic E-state index is 11.0. The van der Waals surface area contributed by atoms with Crippen molar-refractivity contribution in [2.24, 2.45) is 0 Å². The van der Waals surface area contributed by atoms with Crippen LogP contribution in [0, 0.1) is 6.92 Å². The number of fused-ring (bicyclic) bond motifs is 1. The first-order chi connectivity index (χ1) is 6.16. The van der Waals surface area contributed by atoms with Crippen LogP contribution in [0.15, 0.2) is 17.0 Å². The van der Waals surface area contributed by atoms with Crippen LogP contribution in [0.3, 0.4) is 0 Å². The summed E-state index contributed by atoms with van der Waals surface area (Å²) in [5.74, 6) is 0.578. The lowest BCUT2D eigenvalue weighted by Gasteiger charge is -2.18. The van der Waals surface area contributed by atoms with Crippen LogP contribution >= 0.6 is 12.6 Å². The van der Waals surface area contributed by atoms with Crippen molar-refractivity contribution in [3.63, 3.8) is 0 Å². The van der Waals surface area contributed by atoms with E-state index in [-0.39, 0.29) is 12.5 Å². The quantitative estimate of drug-likeness (QED) is 0.617. The zero-order valence-electron chi connectivity index (χ0n) is 7.13. The Labute approximate surface area is 81.5 Å². The number of amides is 1. The number of hydrogen-bond acceptors (Lipinski definition) is 3. The molecule has 2 rings (SSSR count). The molecule has 0 saturated heterocycles. The molecule has 0 aliphatic carbocycles. The fourth-order valence-electron chi connectivity index (χ4n) is 1.22. The predicted octanol–water partition coefficient (Wildman–Crippen LogP) is 1.61. The van der Waals surface area contributed by atoms with Crippen LogP contribution in [-0.4, -0.2) is 12.5 Å². The van der Waals surface area contributed by atoms with Crippen molar-refractivity contribution in [1.82, 2.24) is 0 Å². The molecule has 1 heterocycles. The lowest BCUT2D eigenvalue weighted by Crippen LogP contribution is -2.25. The third-order valence-corrected chi connectivity index (χ3v) is 2.41. The minimum atomic E-state index is -0.112. The van der Waals surface area contributed by atoms with Crippen LogP contribution in [0.5, 0.6) is 5.75 Å². The number of nitrogens with one attached hydrogen (secondary N) is 1. The summed E-state index contributed by atoms with van der Waals surface area (Å²) in [6.45, 7) is 2.02. The van der Waals surface area contributed by atoms with E-state index in [4.69, 9.17) is 4.74 Å². The van der Waals surface area contributed by atoms with Crippen molar-refractivity contribution >= 4 is 24.2 Å². The molecule has 0 atom stereocenters. The third-order valence-electron chi connectivity index (χ3n) is 1.93. The topological polar surface area (TPSA) is 38.3 Å². The van der Waals surface area contributed by atoms with Gasteiger partial charge in [-0.05, 0) is 24.6 Å². The highest BCUT2D eigenvalue weighted by atomic mass is 32.1. The standard InChI is InChI=1S/C9H9NO2S/c1-5-2-6-7(3-8(5)13)12-4-9(11)10-6/h2-3,13H,4H2,1H3,(H,10,11). The number of rotatable bonds is 0. The van der Waals surface area contributed by atoms with Gasteiger partial charge in [-0.15, -0.1) is 12.6 Å². The maximum Gasteiger partial charge on any atom is 0.262 e. The monoisotopic (exact) mass is 195 g/mol. The Hall–Kier alpha value is -1.16. The number of anilines is 1. The summed E-state index contributed by atoms with van der Waals surface area (Å²) < 4.78 is 5.21. The molecule has 1 aliphatic heterocycles. The van der Waals surface area contributed by atoms with Crippen LogP contribution in [0.1, 0.15) is 5.56 Å². The van der Waals surface area contributed by atoms with Crippen molar-refractivity contribution in [3.8, 4) is 5.75 Å². The minimum Gasteiger partial charge on any atom is -0.482 e. The first-order valence-electron chi connectivity index (χ1n) is 3.93. The molecule has 1 aromatic carbocycles. The number of hydrogen-bond donors (Lipinski definition) is 2. The summed E-state index contributed by atoms with van der Waals surface area (Å²) >= 11 is 4.26. The molecular formula is C9H9NO2S. The summed E-state index contributed by atoms with van der Waals surface area (Å²) in [4.78, 5) is 11.8. The molecule has 0 radical (unpaired) electrons. The van der Waals surface area contributed by atoms with Gasteiger partial charge in [0.05, 0.1) is 5.69 Å². The zero-order valence-corrected chi connectivity index (χ0v) is 8.02. The fourth-order valence-corrected chi connectivity index (χ4v) is 1.41. The Bertz CT molecular complexity index is 376. The smallest absolute Gasteiger partial charge is 0.262 e. The molecule has 1 aromatic rings. The van der Waals surface area contributed by atoms with Crippen LogP contribution in [-0.2, 0) is 4.79 Å². The van der Waals surface area contributed by atoms with E-state index < -0.39 is 0 Å². The molecule has 1 N–H and O–H groups in total. The average molecular weight is 195 g/mol. The number of thiol groups is 1. The summed E-state index contributed by atoms with van der Waals surface area (Å²) in [5, 5.41) is 2.73. The van der Waals surface area contributed by atoms with Crippen molar-refractivity contribution < 1.29 is 9.53 Å². The van der Waals surface area contributed by atoms with Crippen LogP contribution in [0.4, 0.5) is 5.69 Å². The third kappa shape index (κ3) is 1.49. The summed E-state index contributed by atoms with van der Waals surface area (Å²) in [7, 11) is 0. The van der Waals surface area contributed by atoms with Gasteiger partial charge in [0.15, 0.2) is 6.61 Å². The fraction of sp³-hybridized carbons (Fsp3) is 0.222. The highest BCUT2D eigenvalue weighted by Crippen LogP contribution is 2.32. The zero-order chi connectivity index (χ0) is 9.42. The van der Waals surface area contributed by atoms with E-state index in [9.17, 15) is 4.79 Å². The Balaban J connectivity index is 2.49. The van der Waals surface area contributed by atoms with Crippen molar-refractivity contribution in [2.45, 2.75) is 11.8 Å². The molecule has 0 unspecified atom stereocenters. The second-order valence-corrected chi connectivity index (χ2v) is 3.45. The Kier molecular flexibility index (Phi) is 1.92. The summed E-state index contributed by atoms with van der Waals surface area (Å²) in [6.07, 6.45) is 0. The number of carbonyl (C=O) groups excluding carboxylic acids is 1. The lowest BCUT2D eigenvalue weighted by molar-refractivity contribution is -0.118. The SMILES string of the molecule is Cc1cc2c(cc1S)OCC(=O)N2. The first-order valence-corrected chi connectivity index (χ1v) is 4.38. The van der Waals surface area contributed by atoms with Crippen molar-refractivity contribution in [1.29, 1.82) is 0 Å². The molecule has 13 heavy (non-hydrogen) atoms. The molecule has 4 heteroatoms. The van der Waals surface area contributed by atoms with Crippen LogP contribution in [0.2, 0.25) is 0 Å². The lowest BCUT2D eigenvalue weighted by atomic mass is 10.2. The highest BCUT2D eigenvalue weighted by molar-refractivity contribution is 7.80. The molecule has 68 valence electrons. The average Bonchev–Trinajstić information content (AvgIpc) is 2.08. The summed E-state index contributed by atoms with van der Waals surface area (Å²) in [5.41, 5.74) is 1.75. The minimum absolute atomic E-state index is 0.0866. The number of ether oxygens (including phenoxy) is 1. The van der Waals surface area contributed by atoms with Gasteiger partial charge >= 0.3 is 0 Å². The second-order valence-electron chi connectivity index (χ2n) is 2.97. The van der Waals surface area contributed by atoms with Crippen LogP contribution in [0.25, 0.3) is 0 Å². The number of benzene rings is 1. The van der Waals surface area contributed by atoms with E-state index in [1.54, 1.807) is 0 Å². The molecule has 1 aliphatic rings. The van der Waals surface area contributed by atoms with Crippen molar-refractivity contribution in [2.75, 3.05) is 11.9 Å².